The van der Waals surface area contributed by atoms with Crippen molar-refractivity contribution in [3.63, 3.8) is 0 Å². The number of fused-ring (bicyclic) bond motifs is 2. The number of aromatic amines is 1. The molecule has 0 atom stereocenters. The van der Waals surface area contributed by atoms with Gasteiger partial charge in [-0.25, -0.2) is 9.78 Å². The lowest BCUT2D eigenvalue weighted by molar-refractivity contribution is 0.256. The maximum absolute atomic E-state index is 12.1. The molecule has 1 aliphatic rings. The number of carbonyl (C=O) groups is 1. The first-order valence-corrected chi connectivity index (χ1v) is 6.32. The van der Waals surface area contributed by atoms with Gasteiger partial charge in [-0.1, -0.05) is 18.2 Å². The number of para-hydroxylation sites is 2. The monoisotopic (exact) mass is 276 g/mol. The molecule has 4 rings (SSSR count). The van der Waals surface area contributed by atoms with Crippen molar-refractivity contribution < 1.29 is 4.79 Å². The molecule has 1 N–H and O–H groups in total. The van der Waals surface area contributed by atoms with Gasteiger partial charge in [0.2, 0.25) is 0 Å². The Morgan fingerprint density at radius 2 is 1.76 bits per heavy atom. The van der Waals surface area contributed by atoms with Crippen LogP contribution in [-0.2, 0) is 0 Å². The van der Waals surface area contributed by atoms with Crippen LogP contribution in [0.1, 0.15) is 0 Å². The van der Waals surface area contributed by atoms with Gasteiger partial charge in [-0.3, -0.25) is 4.79 Å². The topological polar surface area (TPSA) is 87.5 Å². The van der Waals surface area contributed by atoms with Crippen molar-refractivity contribution >= 4 is 16.9 Å². The molecule has 1 aliphatic heterocycles. The van der Waals surface area contributed by atoms with E-state index in [-0.39, 0.29) is 5.56 Å². The number of nitrogens with zero attached hydrogens (tertiary/aromatic N) is 3. The van der Waals surface area contributed by atoms with Crippen molar-refractivity contribution in [2.75, 3.05) is 0 Å². The summed E-state index contributed by atoms with van der Waals surface area (Å²) in [4.78, 5) is 38.3. The summed E-state index contributed by atoms with van der Waals surface area (Å²) >= 11 is 0. The van der Waals surface area contributed by atoms with Gasteiger partial charge in [0.25, 0.3) is 5.56 Å². The highest BCUT2D eigenvalue weighted by molar-refractivity contribution is 5.81. The number of H-pyrrole nitrogens is 1. The predicted octanol–water partition coefficient (Wildman–Crippen LogP) is 0.963. The summed E-state index contributed by atoms with van der Waals surface area (Å²) in [5.74, 6) is 0.379. The van der Waals surface area contributed by atoms with Gasteiger partial charge in [0.15, 0.2) is 0 Å². The van der Waals surface area contributed by atoms with Gasteiger partial charge in [0.1, 0.15) is 11.2 Å². The Balaban J connectivity index is 2.09. The lowest BCUT2D eigenvalue weighted by Gasteiger charge is -2.02. The van der Waals surface area contributed by atoms with Crippen LogP contribution in [-0.4, -0.2) is 16.0 Å². The summed E-state index contributed by atoms with van der Waals surface area (Å²) in [6, 6.07) is 11.7. The molecule has 0 saturated carbocycles. The van der Waals surface area contributed by atoms with Crippen molar-refractivity contribution in [3.05, 3.63) is 63.5 Å². The Bertz CT molecular complexity index is 1080. The maximum atomic E-state index is 12.1. The van der Waals surface area contributed by atoms with E-state index in [1.165, 1.54) is 0 Å². The van der Waals surface area contributed by atoms with Crippen molar-refractivity contribution in [2.45, 2.75) is 0 Å². The second-order valence-electron chi connectivity index (χ2n) is 4.61. The Morgan fingerprint density at radius 1 is 0.905 bits per heavy atom. The Kier molecular flexibility index (Phi) is 2.32. The van der Waals surface area contributed by atoms with Gasteiger partial charge in [-0.15, -0.1) is 0 Å². The summed E-state index contributed by atoms with van der Waals surface area (Å²) in [6.07, 6.45) is 0. The number of nitrogens with one attached hydrogen (secondary N) is 1. The van der Waals surface area contributed by atoms with Gasteiger partial charge >= 0.3 is 6.03 Å². The van der Waals surface area contributed by atoms with E-state index < -0.39 is 6.03 Å². The summed E-state index contributed by atoms with van der Waals surface area (Å²) in [5.41, 5.74) is 0.953. The summed E-state index contributed by atoms with van der Waals surface area (Å²) < 4.78 is 0. The molecule has 3 aromatic rings. The minimum absolute atomic E-state index is 0.227. The molecular formula is C15H8N4O2. The molecule has 0 spiro atoms. The Labute approximate surface area is 117 Å². The number of rotatable bonds is 1. The standard InChI is InChI=1S/C15H8N4O2/c20-14-8-4-1-2-6-10(8)16-13(19-14)9-5-3-7-11-12(9)18-15(21)17-11/h1-7H,(H,16,19,20). The van der Waals surface area contributed by atoms with Gasteiger partial charge in [0, 0.05) is 5.56 Å². The molecule has 2 aromatic carbocycles. The highest BCUT2D eigenvalue weighted by Crippen LogP contribution is 2.12. The molecule has 2 amide bonds. The third-order valence-electron chi connectivity index (χ3n) is 3.31. The minimum Gasteiger partial charge on any atom is -0.306 e. The molecule has 21 heavy (non-hydrogen) atoms. The third-order valence-corrected chi connectivity index (χ3v) is 3.31. The number of carbonyl (C=O) groups excluding carboxylic acids is 1. The molecule has 6 nitrogen and oxygen atoms in total. The first-order valence-electron chi connectivity index (χ1n) is 6.32. The van der Waals surface area contributed by atoms with E-state index in [0.29, 0.717) is 33.0 Å². The normalized spacial score (nSPS) is 12.9. The fourth-order valence-electron chi connectivity index (χ4n) is 2.37. The van der Waals surface area contributed by atoms with Crippen molar-refractivity contribution in [1.29, 1.82) is 0 Å². The third kappa shape index (κ3) is 1.77. The first kappa shape index (κ1) is 11.7. The number of hydrogen-bond acceptors (Lipinski definition) is 3. The van der Waals surface area contributed by atoms with Crippen LogP contribution in [0, 0.1) is 0 Å². The van der Waals surface area contributed by atoms with Crippen LogP contribution in [0.4, 0.5) is 4.79 Å². The molecule has 0 radical (unpaired) electrons. The van der Waals surface area contributed by atoms with E-state index >= 15 is 0 Å². The van der Waals surface area contributed by atoms with E-state index in [4.69, 9.17) is 0 Å². The van der Waals surface area contributed by atoms with Gasteiger partial charge < -0.3 is 4.98 Å². The number of hydrogen-bond donors (Lipinski definition) is 1. The molecule has 0 unspecified atom stereocenters. The second kappa shape index (κ2) is 4.17. The van der Waals surface area contributed by atoms with Gasteiger partial charge in [-0.05, 0) is 24.3 Å². The molecule has 0 aliphatic carbocycles. The maximum Gasteiger partial charge on any atom is 0.368 e. The molecule has 0 bridgehead atoms. The Morgan fingerprint density at radius 3 is 2.67 bits per heavy atom. The summed E-state index contributed by atoms with van der Waals surface area (Å²) in [6.45, 7) is 0. The lowest BCUT2D eigenvalue weighted by atomic mass is 10.1. The SMILES string of the molecule is O=C1N=c2cccc(-c3nc4ccccc4c(=O)[nH]3)c2=N1. The zero-order valence-electron chi connectivity index (χ0n) is 10.7. The van der Waals surface area contributed by atoms with E-state index in [0.717, 1.165) is 0 Å². The first-order chi connectivity index (χ1) is 10.2. The zero-order valence-corrected chi connectivity index (χ0v) is 10.7. The molecule has 2 heterocycles. The van der Waals surface area contributed by atoms with Crippen LogP contribution >= 0.6 is 0 Å². The average molecular weight is 276 g/mol. The second-order valence-corrected chi connectivity index (χ2v) is 4.61. The van der Waals surface area contributed by atoms with Crippen LogP contribution in [0.15, 0.2) is 57.2 Å². The summed E-state index contributed by atoms with van der Waals surface area (Å²) in [7, 11) is 0. The van der Waals surface area contributed by atoms with Crippen LogP contribution in [0.3, 0.4) is 0 Å². The van der Waals surface area contributed by atoms with E-state index in [2.05, 4.69) is 20.0 Å². The molecule has 6 heteroatoms. The van der Waals surface area contributed by atoms with Crippen LogP contribution in [0.25, 0.3) is 22.3 Å². The van der Waals surface area contributed by atoms with Crippen molar-refractivity contribution in [1.82, 2.24) is 9.97 Å². The smallest absolute Gasteiger partial charge is 0.306 e. The zero-order chi connectivity index (χ0) is 14.4. The van der Waals surface area contributed by atoms with Crippen LogP contribution in [0.5, 0.6) is 0 Å². The highest BCUT2D eigenvalue weighted by atomic mass is 16.2. The lowest BCUT2D eigenvalue weighted by Crippen LogP contribution is -2.25. The summed E-state index contributed by atoms with van der Waals surface area (Å²) in [5, 5.41) is 1.46. The molecular weight excluding hydrogens is 268 g/mol. The predicted molar refractivity (Wildman–Crippen MR) is 75.5 cm³/mol. The van der Waals surface area contributed by atoms with E-state index in [9.17, 15) is 9.59 Å². The van der Waals surface area contributed by atoms with Crippen LogP contribution < -0.4 is 16.3 Å². The van der Waals surface area contributed by atoms with E-state index in [1.54, 1.807) is 36.4 Å². The molecule has 0 fully saturated rings. The van der Waals surface area contributed by atoms with Gasteiger partial charge in [0.05, 0.1) is 16.3 Å². The quantitative estimate of drug-likeness (QED) is 0.718. The number of urea groups is 1. The Hall–Kier alpha value is -3.15. The minimum atomic E-state index is -0.541. The average Bonchev–Trinajstić information content (AvgIpc) is 2.87. The molecule has 1 aromatic heterocycles. The van der Waals surface area contributed by atoms with Crippen molar-refractivity contribution in [3.8, 4) is 11.4 Å². The van der Waals surface area contributed by atoms with E-state index in [1.807, 2.05) is 6.07 Å². The number of amides is 2. The van der Waals surface area contributed by atoms with Crippen molar-refractivity contribution in [2.24, 2.45) is 9.98 Å². The number of aromatic nitrogens is 2. The fraction of sp³-hybridized carbons (Fsp3) is 0. The highest BCUT2D eigenvalue weighted by Gasteiger charge is 2.12. The molecule has 0 saturated heterocycles. The molecule has 100 valence electrons. The fourth-order valence-corrected chi connectivity index (χ4v) is 2.37. The van der Waals surface area contributed by atoms with Gasteiger partial charge in [-0.2, -0.15) is 9.98 Å². The largest absolute Gasteiger partial charge is 0.368 e. The number of benzene rings is 2. The van der Waals surface area contributed by atoms with Crippen LogP contribution in [0.2, 0.25) is 0 Å².